The lowest BCUT2D eigenvalue weighted by atomic mass is 9.99. The Labute approximate surface area is 166 Å². The maximum atomic E-state index is 10.2. The molecule has 1 atom stereocenters. The molecule has 2 aliphatic rings. The van der Waals surface area contributed by atoms with Crippen LogP contribution < -0.4 is 15.5 Å². The van der Waals surface area contributed by atoms with Crippen molar-refractivity contribution in [2.75, 3.05) is 63.1 Å². The van der Waals surface area contributed by atoms with Crippen LogP contribution in [-0.4, -0.2) is 73.1 Å². The zero-order valence-corrected chi connectivity index (χ0v) is 16.6. The van der Waals surface area contributed by atoms with Crippen molar-refractivity contribution >= 4 is 11.5 Å². The van der Waals surface area contributed by atoms with E-state index in [0.29, 0.717) is 11.3 Å². The molecule has 1 unspecified atom stereocenters. The third-order valence-electron chi connectivity index (χ3n) is 5.82. The molecule has 2 aliphatic heterocycles. The summed E-state index contributed by atoms with van der Waals surface area (Å²) < 4.78 is 0. The Bertz CT molecular complexity index is 784. The van der Waals surface area contributed by atoms with Crippen molar-refractivity contribution < 1.29 is 5.11 Å². The number of para-hydroxylation sites is 1. The van der Waals surface area contributed by atoms with Crippen LogP contribution in [0.5, 0.6) is 5.75 Å². The SMILES string of the molecule is CNc1nnc(-c2ccccc2O)cc1N1CCN(CC2CCCNC2)CC1. The average molecular weight is 383 g/mol. The lowest BCUT2D eigenvalue weighted by Crippen LogP contribution is -2.49. The number of phenolic OH excluding ortho intramolecular Hbond substituents is 1. The van der Waals surface area contributed by atoms with Gasteiger partial charge in [-0.15, -0.1) is 10.2 Å². The molecule has 7 nitrogen and oxygen atoms in total. The van der Waals surface area contributed by atoms with E-state index < -0.39 is 0 Å². The van der Waals surface area contributed by atoms with E-state index >= 15 is 0 Å². The summed E-state index contributed by atoms with van der Waals surface area (Å²) in [7, 11) is 1.87. The smallest absolute Gasteiger partial charge is 0.172 e. The van der Waals surface area contributed by atoms with E-state index in [4.69, 9.17) is 0 Å². The standard InChI is InChI=1S/C21H30N6O/c1-22-21-19(13-18(24-25-21)17-6-2-3-7-20(17)28)27-11-9-26(10-12-27)15-16-5-4-8-23-14-16/h2-3,6-7,13,16,23,28H,4-5,8-12,14-15H2,1H3,(H,22,25). The van der Waals surface area contributed by atoms with Gasteiger partial charge in [0.15, 0.2) is 5.82 Å². The molecule has 0 bridgehead atoms. The normalized spacial score (nSPS) is 20.9. The monoisotopic (exact) mass is 382 g/mol. The molecule has 4 rings (SSSR count). The topological polar surface area (TPSA) is 76.6 Å². The number of nitrogens with one attached hydrogen (secondary N) is 2. The van der Waals surface area contributed by atoms with Gasteiger partial charge >= 0.3 is 0 Å². The zero-order valence-electron chi connectivity index (χ0n) is 16.6. The maximum Gasteiger partial charge on any atom is 0.172 e. The highest BCUT2D eigenvalue weighted by Gasteiger charge is 2.23. The Morgan fingerprint density at radius 1 is 1.18 bits per heavy atom. The van der Waals surface area contributed by atoms with Crippen molar-refractivity contribution in [2.45, 2.75) is 12.8 Å². The fourth-order valence-corrected chi connectivity index (χ4v) is 4.24. The molecule has 2 aromatic rings. The molecule has 1 aromatic carbocycles. The molecule has 0 aliphatic carbocycles. The van der Waals surface area contributed by atoms with E-state index in [1.54, 1.807) is 6.07 Å². The van der Waals surface area contributed by atoms with Crippen LogP contribution >= 0.6 is 0 Å². The van der Waals surface area contributed by atoms with Crippen LogP contribution in [-0.2, 0) is 0 Å². The maximum absolute atomic E-state index is 10.2. The van der Waals surface area contributed by atoms with Gasteiger partial charge in [-0.3, -0.25) is 4.90 Å². The summed E-state index contributed by atoms with van der Waals surface area (Å²) in [5, 5.41) is 25.5. The molecule has 28 heavy (non-hydrogen) atoms. The number of piperidine rings is 1. The second-order valence-electron chi connectivity index (χ2n) is 7.73. The van der Waals surface area contributed by atoms with Crippen molar-refractivity contribution in [1.29, 1.82) is 0 Å². The van der Waals surface area contributed by atoms with E-state index in [2.05, 4.69) is 30.6 Å². The van der Waals surface area contributed by atoms with Crippen LogP contribution in [0.4, 0.5) is 11.5 Å². The van der Waals surface area contributed by atoms with Crippen LogP contribution in [0.2, 0.25) is 0 Å². The number of aromatic nitrogens is 2. The van der Waals surface area contributed by atoms with Gasteiger partial charge in [-0.1, -0.05) is 12.1 Å². The predicted molar refractivity (Wildman–Crippen MR) is 113 cm³/mol. The van der Waals surface area contributed by atoms with E-state index in [1.165, 1.54) is 25.9 Å². The van der Waals surface area contributed by atoms with Crippen molar-refractivity contribution in [3.05, 3.63) is 30.3 Å². The molecule has 150 valence electrons. The molecule has 0 amide bonds. The molecule has 3 heterocycles. The average Bonchev–Trinajstić information content (AvgIpc) is 2.75. The molecule has 2 saturated heterocycles. The first-order valence-corrected chi connectivity index (χ1v) is 10.3. The Kier molecular flexibility index (Phi) is 5.92. The van der Waals surface area contributed by atoms with Crippen LogP contribution in [0.3, 0.4) is 0 Å². The second-order valence-corrected chi connectivity index (χ2v) is 7.73. The summed E-state index contributed by atoms with van der Waals surface area (Å²) in [6.07, 6.45) is 2.64. The number of hydrogen-bond donors (Lipinski definition) is 3. The van der Waals surface area contributed by atoms with E-state index in [-0.39, 0.29) is 5.75 Å². The summed E-state index contributed by atoms with van der Waals surface area (Å²) in [4.78, 5) is 4.96. The highest BCUT2D eigenvalue weighted by molar-refractivity contribution is 5.74. The van der Waals surface area contributed by atoms with Crippen molar-refractivity contribution in [2.24, 2.45) is 5.92 Å². The van der Waals surface area contributed by atoms with Gasteiger partial charge in [-0.2, -0.15) is 0 Å². The first kappa shape index (κ1) is 19.0. The molecular weight excluding hydrogens is 352 g/mol. The van der Waals surface area contributed by atoms with Gasteiger partial charge in [0.05, 0.1) is 11.4 Å². The Morgan fingerprint density at radius 3 is 2.71 bits per heavy atom. The van der Waals surface area contributed by atoms with E-state index in [1.807, 2.05) is 31.3 Å². The van der Waals surface area contributed by atoms with Crippen molar-refractivity contribution in [3.8, 4) is 17.0 Å². The van der Waals surface area contributed by atoms with Crippen LogP contribution in [0.25, 0.3) is 11.3 Å². The lowest BCUT2D eigenvalue weighted by molar-refractivity contribution is 0.199. The number of aromatic hydroxyl groups is 1. The minimum atomic E-state index is 0.228. The number of benzene rings is 1. The van der Waals surface area contributed by atoms with Crippen molar-refractivity contribution in [3.63, 3.8) is 0 Å². The molecule has 0 radical (unpaired) electrons. The van der Waals surface area contributed by atoms with Crippen LogP contribution in [0, 0.1) is 5.92 Å². The number of phenols is 1. The Hall–Kier alpha value is -2.38. The predicted octanol–water partition coefficient (Wildman–Crippen LogP) is 2.01. The van der Waals surface area contributed by atoms with E-state index in [9.17, 15) is 5.11 Å². The summed E-state index contributed by atoms with van der Waals surface area (Å²) in [5.74, 6) is 1.79. The number of hydrogen-bond acceptors (Lipinski definition) is 7. The molecule has 2 fully saturated rings. The van der Waals surface area contributed by atoms with Gasteiger partial charge in [-0.05, 0) is 50.0 Å². The lowest BCUT2D eigenvalue weighted by Gasteiger charge is -2.38. The molecule has 7 heteroatoms. The Morgan fingerprint density at radius 2 is 2.00 bits per heavy atom. The molecule has 0 saturated carbocycles. The molecule has 1 aromatic heterocycles. The largest absolute Gasteiger partial charge is 0.507 e. The fourth-order valence-electron chi connectivity index (χ4n) is 4.24. The first-order chi connectivity index (χ1) is 13.7. The third-order valence-corrected chi connectivity index (χ3v) is 5.82. The van der Waals surface area contributed by atoms with Gasteiger partial charge < -0.3 is 20.6 Å². The number of nitrogens with zero attached hydrogens (tertiary/aromatic N) is 4. The fraction of sp³-hybridized carbons (Fsp3) is 0.524. The highest BCUT2D eigenvalue weighted by atomic mass is 16.3. The minimum Gasteiger partial charge on any atom is -0.507 e. The number of rotatable bonds is 5. The second kappa shape index (κ2) is 8.75. The number of piperazine rings is 1. The summed E-state index contributed by atoms with van der Waals surface area (Å²) in [5.41, 5.74) is 2.46. The summed E-state index contributed by atoms with van der Waals surface area (Å²) in [6, 6.07) is 9.31. The molecule has 0 spiro atoms. The summed E-state index contributed by atoms with van der Waals surface area (Å²) >= 11 is 0. The van der Waals surface area contributed by atoms with Crippen molar-refractivity contribution in [1.82, 2.24) is 20.4 Å². The third kappa shape index (κ3) is 4.20. The van der Waals surface area contributed by atoms with E-state index in [0.717, 1.165) is 50.1 Å². The Balaban J connectivity index is 1.46. The zero-order chi connectivity index (χ0) is 19.3. The van der Waals surface area contributed by atoms with Gasteiger partial charge in [-0.25, -0.2) is 0 Å². The van der Waals surface area contributed by atoms with Gasteiger partial charge in [0, 0.05) is 45.3 Å². The number of anilines is 2. The molecular formula is C21H30N6O. The first-order valence-electron chi connectivity index (χ1n) is 10.3. The molecule has 3 N–H and O–H groups in total. The minimum absolute atomic E-state index is 0.228. The van der Waals surface area contributed by atoms with Gasteiger partial charge in [0.1, 0.15) is 5.75 Å². The highest BCUT2D eigenvalue weighted by Crippen LogP contribution is 2.32. The quantitative estimate of drug-likeness (QED) is 0.730. The van der Waals surface area contributed by atoms with Gasteiger partial charge in [0.2, 0.25) is 0 Å². The van der Waals surface area contributed by atoms with Gasteiger partial charge in [0.25, 0.3) is 0 Å². The summed E-state index contributed by atoms with van der Waals surface area (Å²) in [6.45, 7) is 7.59. The van der Waals surface area contributed by atoms with Crippen LogP contribution in [0.15, 0.2) is 30.3 Å². The van der Waals surface area contributed by atoms with Crippen LogP contribution in [0.1, 0.15) is 12.8 Å².